The highest BCUT2D eigenvalue weighted by Gasteiger charge is 2.36. The number of ether oxygens (including phenoxy) is 1. The number of aromatic amines is 1. The van der Waals surface area contributed by atoms with Crippen LogP contribution < -0.4 is 10.6 Å². The molecule has 2 aromatic rings. The van der Waals surface area contributed by atoms with Crippen molar-refractivity contribution in [1.29, 1.82) is 0 Å². The topological polar surface area (TPSA) is 100 Å². The van der Waals surface area contributed by atoms with Crippen LogP contribution in [0, 0.1) is 11.8 Å². The molecule has 1 saturated carbocycles. The fourth-order valence-corrected chi connectivity index (χ4v) is 4.53. The van der Waals surface area contributed by atoms with Gasteiger partial charge in [0.1, 0.15) is 6.04 Å². The van der Waals surface area contributed by atoms with Gasteiger partial charge in [0.25, 0.3) is 0 Å². The fourth-order valence-electron chi connectivity index (χ4n) is 4.53. The number of carbonyl (C=O) groups excluding carboxylic acids is 3. The summed E-state index contributed by atoms with van der Waals surface area (Å²) in [6, 6.07) is 7.29. The molecule has 1 fully saturated rings. The van der Waals surface area contributed by atoms with Crippen LogP contribution in [0.3, 0.4) is 0 Å². The van der Waals surface area contributed by atoms with Crippen LogP contribution in [0.25, 0.3) is 10.9 Å². The third kappa shape index (κ3) is 6.24. The average Bonchev–Trinajstić information content (AvgIpc) is 3.56. The first kappa shape index (κ1) is 23.1. The van der Waals surface area contributed by atoms with E-state index in [9.17, 15) is 14.4 Å². The molecule has 3 atom stereocenters. The average molecular weight is 452 g/mol. The Hall–Kier alpha value is -3.09. The lowest BCUT2D eigenvalue weighted by atomic mass is 9.95. The smallest absolute Gasteiger partial charge is 0.309 e. The van der Waals surface area contributed by atoms with Crippen molar-refractivity contribution < 1.29 is 19.1 Å². The molecule has 176 valence electrons. The number of para-hydroxylation sites is 1. The van der Waals surface area contributed by atoms with E-state index in [0.717, 1.165) is 29.3 Å². The maximum absolute atomic E-state index is 13.4. The van der Waals surface area contributed by atoms with Crippen LogP contribution in [0.4, 0.5) is 0 Å². The molecule has 2 aliphatic rings. The zero-order chi connectivity index (χ0) is 23.2. The van der Waals surface area contributed by atoms with E-state index in [1.54, 1.807) is 0 Å². The summed E-state index contributed by atoms with van der Waals surface area (Å²) in [4.78, 5) is 41.2. The monoisotopic (exact) mass is 451 g/mol. The van der Waals surface area contributed by atoms with Crippen molar-refractivity contribution in [1.82, 2.24) is 15.6 Å². The number of cyclic esters (lactones) is 1. The van der Waals surface area contributed by atoms with E-state index >= 15 is 0 Å². The predicted octanol–water partition coefficient (Wildman–Crippen LogP) is 3.40. The van der Waals surface area contributed by atoms with Gasteiger partial charge in [0, 0.05) is 36.0 Å². The van der Waals surface area contributed by atoms with Crippen molar-refractivity contribution in [2.45, 2.75) is 64.0 Å². The molecule has 1 aromatic heterocycles. The summed E-state index contributed by atoms with van der Waals surface area (Å²) in [6.07, 6.45) is 10.0. The van der Waals surface area contributed by atoms with Crippen LogP contribution in [-0.4, -0.2) is 41.5 Å². The molecular formula is C26H33N3O4. The van der Waals surface area contributed by atoms with Crippen LogP contribution >= 0.6 is 0 Å². The van der Waals surface area contributed by atoms with E-state index in [-0.39, 0.29) is 42.6 Å². The summed E-state index contributed by atoms with van der Waals surface area (Å²) in [6.45, 7) is 2.36. The van der Waals surface area contributed by atoms with E-state index in [2.05, 4.69) is 22.5 Å². The van der Waals surface area contributed by atoms with Gasteiger partial charge in [-0.2, -0.15) is 0 Å². The highest BCUT2D eigenvalue weighted by atomic mass is 16.5. The van der Waals surface area contributed by atoms with Crippen LogP contribution in [0.15, 0.2) is 42.6 Å². The lowest BCUT2D eigenvalue weighted by molar-refractivity contribution is -0.142. The SMILES string of the molecule is C[C@@H]1/C=C/CC(=O)OCCCCC(=O)N[C@@H](Cc2c[nH]c3ccccc23)C(=O)N[C@@H]1C1CC1. The van der Waals surface area contributed by atoms with Crippen LogP contribution in [0.2, 0.25) is 0 Å². The Morgan fingerprint density at radius 2 is 1.88 bits per heavy atom. The lowest BCUT2D eigenvalue weighted by Crippen LogP contribution is -2.52. The van der Waals surface area contributed by atoms with Gasteiger partial charge in [-0.3, -0.25) is 14.4 Å². The summed E-state index contributed by atoms with van der Waals surface area (Å²) < 4.78 is 5.25. The molecular weight excluding hydrogens is 418 g/mol. The molecule has 0 saturated heterocycles. The second-order valence-electron chi connectivity index (χ2n) is 9.22. The number of esters is 1. The Labute approximate surface area is 194 Å². The quantitative estimate of drug-likeness (QED) is 0.492. The van der Waals surface area contributed by atoms with E-state index in [1.807, 2.05) is 42.6 Å². The molecule has 1 aliphatic carbocycles. The van der Waals surface area contributed by atoms with Gasteiger partial charge in [-0.1, -0.05) is 37.3 Å². The third-order valence-electron chi connectivity index (χ3n) is 6.54. The van der Waals surface area contributed by atoms with Gasteiger partial charge < -0.3 is 20.4 Å². The number of amides is 2. The van der Waals surface area contributed by atoms with Crippen LogP contribution in [-0.2, 0) is 25.5 Å². The molecule has 2 amide bonds. The van der Waals surface area contributed by atoms with E-state index < -0.39 is 6.04 Å². The Kier molecular flexibility index (Phi) is 7.47. The summed E-state index contributed by atoms with van der Waals surface area (Å²) in [5.41, 5.74) is 2.01. The van der Waals surface area contributed by atoms with Crippen molar-refractivity contribution in [3.63, 3.8) is 0 Å². The molecule has 33 heavy (non-hydrogen) atoms. The lowest BCUT2D eigenvalue weighted by Gasteiger charge is -2.26. The number of H-pyrrole nitrogens is 1. The van der Waals surface area contributed by atoms with E-state index in [1.165, 1.54) is 0 Å². The second-order valence-corrected chi connectivity index (χ2v) is 9.22. The molecule has 0 bridgehead atoms. The number of aromatic nitrogens is 1. The predicted molar refractivity (Wildman–Crippen MR) is 126 cm³/mol. The van der Waals surface area contributed by atoms with Gasteiger partial charge in [-0.15, -0.1) is 0 Å². The minimum Gasteiger partial charge on any atom is -0.465 e. The van der Waals surface area contributed by atoms with Gasteiger partial charge in [0.05, 0.1) is 13.0 Å². The number of benzene rings is 1. The zero-order valence-electron chi connectivity index (χ0n) is 19.1. The first-order chi connectivity index (χ1) is 16.0. The summed E-state index contributed by atoms with van der Waals surface area (Å²) >= 11 is 0. The number of carbonyl (C=O) groups is 3. The van der Waals surface area contributed by atoms with Gasteiger partial charge >= 0.3 is 5.97 Å². The third-order valence-corrected chi connectivity index (χ3v) is 6.54. The number of hydrogen-bond donors (Lipinski definition) is 3. The fraction of sp³-hybridized carbons (Fsp3) is 0.500. The molecule has 0 radical (unpaired) electrons. The summed E-state index contributed by atoms with van der Waals surface area (Å²) in [5, 5.41) is 7.24. The molecule has 1 aromatic carbocycles. The maximum atomic E-state index is 13.4. The molecule has 0 unspecified atom stereocenters. The highest BCUT2D eigenvalue weighted by Crippen LogP contribution is 2.36. The molecule has 7 heteroatoms. The normalized spacial score (nSPS) is 26.9. The number of hydrogen-bond acceptors (Lipinski definition) is 4. The van der Waals surface area contributed by atoms with Crippen LogP contribution in [0.1, 0.15) is 51.0 Å². The second kappa shape index (κ2) is 10.7. The molecule has 2 heterocycles. The van der Waals surface area contributed by atoms with Gasteiger partial charge in [-0.25, -0.2) is 0 Å². The van der Waals surface area contributed by atoms with Crippen molar-refractivity contribution >= 4 is 28.7 Å². The van der Waals surface area contributed by atoms with Gasteiger partial charge in [0.2, 0.25) is 11.8 Å². The Bertz CT molecular complexity index is 1020. The zero-order valence-corrected chi connectivity index (χ0v) is 19.1. The number of nitrogens with one attached hydrogen (secondary N) is 3. The summed E-state index contributed by atoms with van der Waals surface area (Å²) in [7, 11) is 0. The highest BCUT2D eigenvalue weighted by molar-refractivity contribution is 5.89. The number of fused-ring (bicyclic) bond motifs is 1. The van der Waals surface area contributed by atoms with Gasteiger partial charge in [0.15, 0.2) is 0 Å². The summed E-state index contributed by atoms with van der Waals surface area (Å²) in [5.74, 6) is -0.0853. The minimum absolute atomic E-state index is 0.0277. The Morgan fingerprint density at radius 3 is 2.70 bits per heavy atom. The Balaban J connectivity index is 1.55. The molecule has 1 aliphatic heterocycles. The minimum atomic E-state index is -0.653. The van der Waals surface area contributed by atoms with E-state index in [0.29, 0.717) is 31.8 Å². The maximum Gasteiger partial charge on any atom is 0.309 e. The first-order valence-electron chi connectivity index (χ1n) is 12.0. The molecule has 4 rings (SSSR count). The van der Waals surface area contributed by atoms with Crippen molar-refractivity contribution in [2.24, 2.45) is 11.8 Å². The van der Waals surface area contributed by atoms with Gasteiger partial charge in [-0.05, 0) is 49.1 Å². The largest absolute Gasteiger partial charge is 0.465 e. The molecule has 0 spiro atoms. The van der Waals surface area contributed by atoms with Crippen LogP contribution in [0.5, 0.6) is 0 Å². The standard InChI is InChI=1S/C26H33N3O4/c1-17-7-6-11-24(31)33-14-5-4-10-23(30)28-22(26(32)29-25(17)18-12-13-18)15-19-16-27-21-9-3-2-8-20(19)21/h2-3,6-9,16-18,22,25,27H,4-5,10-15H2,1H3,(H,28,30)(H,29,32)/b7-6+/t17-,22+,25+/m1/s1. The van der Waals surface area contributed by atoms with Crippen molar-refractivity contribution in [2.75, 3.05) is 6.61 Å². The Morgan fingerprint density at radius 1 is 1.06 bits per heavy atom. The first-order valence-corrected chi connectivity index (χ1v) is 12.0. The molecule has 7 nitrogen and oxygen atoms in total. The number of rotatable bonds is 3. The molecule has 3 N–H and O–H groups in total. The van der Waals surface area contributed by atoms with Crippen molar-refractivity contribution in [3.05, 3.63) is 48.2 Å². The van der Waals surface area contributed by atoms with E-state index in [4.69, 9.17) is 4.74 Å². The van der Waals surface area contributed by atoms with Crippen molar-refractivity contribution in [3.8, 4) is 0 Å².